The molecule has 0 amide bonds. The molecule has 1 atom stereocenters. The summed E-state index contributed by atoms with van der Waals surface area (Å²) in [4.78, 5) is 12.6. The molecule has 0 aliphatic carbocycles. The van der Waals surface area contributed by atoms with Crippen LogP contribution in [0.5, 0.6) is 0 Å². The van der Waals surface area contributed by atoms with Crippen molar-refractivity contribution >= 4 is 21.9 Å². The number of aliphatic hydroxyl groups is 1. The van der Waals surface area contributed by atoms with Crippen LogP contribution in [0.15, 0.2) is 11.1 Å². The monoisotopic (exact) mass is 236 g/mol. The zero-order valence-corrected chi connectivity index (χ0v) is 8.80. The van der Waals surface area contributed by atoms with Crippen LogP contribution in [-0.4, -0.2) is 23.3 Å². The number of carbonyl (C=O) groups excluding carboxylic acids is 1. The molecule has 0 spiro atoms. The van der Waals surface area contributed by atoms with Crippen LogP contribution in [0.2, 0.25) is 0 Å². The summed E-state index contributed by atoms with van der Waals surface area (Å²) >= 11 is 3.05. The maximum absolute atomic E-state index is 11.0. The minimum Gasteiger partial charge on any atom is -0.464 e. The Kier molecular flexibility index (Phi) is 5.17. The van der Waals surface area contributed by atoms with Gasteiger partial charge >= 0.3 is 5.97 Å². The lowest BCUT2D eigenvalue weighted by Crippen LogP contribution is -2.36. The number of hydrogen-bond donors (Lipinski definition) is 1. The smallest absolute Gasteiger partial charge is 0.338 e. The molecule has 1 unspecified atom stereocenters. The molecule has 0 rings (SSSR count). The number of esters is 1. The molecule has 0 saturated carbocycles. The van der Waals surface area contributed by atoms with Gasteiger partial charge in [-0.25, -0.2) is 4.79 Å². The Morgan fingerprint density at radius 2 is 2.33 bits per heavy atom. The highest BCUT2D eigenvalue weighted by Crippen LogP contribution is 2.12. The first-order chi connectivity index (χ1) is 5.54. The summed E-state index contributed by atoms with van der Waals surface area (Å²) in [6, 6.07) is 0. The number of ether oxygens (including phenoxy) is 1. The van der Waals surface area contributed by atoms with Crippen molar-refractivity contribution in [2.24, 2.45) is 0 Å². The summed E-state index contributed by atoms with van der Waals surface area (Å²) in [6.45, 7) is 3.42. The molecule has 70 valence electrons. The minimum atomic E-state index is -1.42. The van der Waals surface area contributed by atoms with E-state index in [1.54, 1.807) is 18.0 Å². The number of carbonyl (C=O) groups is 1. The lowest BCUT2D eigenvalue weighted by Gasteiger charge is -2.18. The van der Waals surface area contributed by atoms with E-state index in [0.29, 0.717) is 0 Å². The Morgan fingerprint density at radius 1 is 1.75 bits per heavy atom. The van der Waals surface area contributed by atoms with Crippen LogP contribution in [0.3, 0.4) is 0 Å². The van der Waals surface area contributed by atoms with Gasteiger partial charge in [0.2, 0.25) is 0 Å². The molecule has 0 saturated heterocycles. The molecule has 4 heteroatoms. The van der Waals surface area contributed by atoms with E-state index in [2.05, 4.69) is 20.7 Å². The van der Waals surface area contributed by atoms with Crippen LogP contribution < -0.4 is 0 Å². The van der Waals surface area contributed by atoms with Gasteiger partial charge in [0.05, 0.1) is 6.61 Å². The van der Waals surface area contributed by atoms with Gasteiger partial charge in [0, 0.05) is 6.42 Å². The summed E-state index contributed by atoms with van der Waals surface area (Å²) in [5.74, 6) is -0.587. The maximum atomic E-state index is 11.0. The van der Waals surface area contributed by atoms with Crippen LogP contribution in [0, 0.1) is 0 Å². The van der Waals surface area contributed by atoms with Crippen LogP contribution in [0.25, 0.3) is 0 Å². The highest BCUT2D eigenvalue weighted by atomic mass is 79.9. The SMILES string of the molecule is CCOC(=O)C(C)(O)C/C=C/Br. The molecule has 0 aromatic carbocycles. The van der Waals surface area contributed by atoms with E-state index in [9.17, 15) is 9.90 Å². The summed E-state index contributed by atoms with van der Waals surface area (Å²) < 4.78 is 4.67. The molecule has 0 aromatic heterocycles. The number of halogens is 1. The van der Waals surface area contributed by atoms with Gasteiger partial charge in [-0.2, -0.15) is 0 Å². The van der Waals surface area contributed by atoms with Crippen molar-refractivity contribution in [2.75, 3.05) is 6.61 Å². The molecule has 0 fully saturated rings. The first kappa shape index (κ1) is 11.6. The molecule has 3 nitrogen and oxygen atoms in total. The van der Waals surface area contributed by atoms with Crippen molar-refractivity contribution in [3.63, 3.8) is 0 Å². The zero-order chi connectivity index (χ0) is 9.61. The van der Waals surface area contributed by atoms with Gasteiger partial charge in [0.1, 0.15) is 0 Å². The van der Waals surface area contributed by atoms with E-state index in [0.717, 1.165) is 0 Å². The first-order valence-corrected chi connectivity index (χ1v) is 4.61. The number of hydrogen-bond acceptors (Lipinski definition) is 3. The van der Waals surface area contributed by atoms with Crippen LogP contribution in [0.1, 0.15) is 20.3 Å². The zero-order valence-electron chi connectivity index (χ0n) is 7.21. The summed E-state index contributed by atoms with van der Waals surface area (Å²) in [7, 11) is 0. The van der Waals surface area contributed by atoms with E-state index in [1.165, 1.54) is 6.92 Å². The third-order valence-electron chi connectivity index (χ3n) is 1.32. The second-order valence-corrected chi connectivity index (χ2v) is 3.09. The second kappa shape index (κ2) is 5.32. The van der Waals surface area contributed by atoms with Crippen molar-refractivity contribution in [2.45, 2.75) is 25.9 Å². The summed E-state index contributed by atoms with van der Waals surface area (Å²) in [5, 5.41) is 9.50. The topological polar surface area (TPSA) is 46.5 Å². The Morgan fingerprint density at radius 3 is 2.75 bits per heavy atom. The minimum absolute atomic E-state index is 0.247. The van der Waals surface area contributed by atoms with Gasteiger partial charge in [-0.15, -0.1) is 0 Å². The summed E-state index contributed by atoms with van der Waals surface area (Å²) in [6.07, 6.45) is 1.90. The quantitative estimate of drug-likeness (QED) is 0.755. The average molecular weight is 237 g/mol. The van der Waals surface area contributed by atoms with E-state index in [4.69, 9.17) is 0 Å². The Hall–Kier alpha value is -0.350. The fourth-order valence-electron chi connectivity index (χ4n) is 0.644. The third-order valence-corrected chi connectivity index (χ3v) is 1.69. The van der Waals surface area contributed by atoms with Gasteiger partial charge < -0.3 is 9.84 Å². The fourth-order valence-corrected chi connectivity index (χ4v) is 0.831. The van der Waals surface area contributed by atoms with Gasteiger partial charge in [0.25, 0.3) is 0 Å². The molecule has 0 aliphatic rings. The van der Waals surface area contributed by atoms with Crippen LogP contribution in [-0.2, 0) is 9.53 Å². The Balaban J connectivity index is 4.08. The molecular formula is C8H13BrO3. The van der Waals surface area contributed by atoms with E-state index < -0.39 is 11.6 Å². The maximum Gasteiger partial charge on any atom is 0.338 e. The van der Waals surface area contributed by atoms with Crippen molar-refractivity contribution < 1.29 is 14.6 Å². The lowest BCUT2D eigenvalue weighted by atomic mass is 10.0. The van der Waals surface area contributed by atoms with Crippen molar-refractivity contribution in [1.29, 1.82) is 0 Å². The average Bonchev–Trinajstić information content (AvgIpc) is 2.01. The van der Waals surface area contributed by atoms with Crippen LogP contribution in [0.4, 0.5) is 0 Å². The summed E-state index contributed by atoms with van der Waals surface area (Å²) in [5.41, 5.74) is -1.42. The highest BCUT2D eigenvalue weighted by Gasteiger charge is 2.30. The van der Waals surface area contributed by atoms with Gasteiger partial charge in [-0.3, -0.25) is 0 Å². The van der Waals surface area contributed by atoms with Crippen molar-refractivity contribution in [1.82, 2.24) is 0 Å². The molecular weight excluding hydrogens is 224 g/mol. The van der Waals surface area contributed by atoms with Crippen molar-refractivity contribution in [3.8, 4) is 0 Å². The Labute approximate surface area is 80.5 Å². The van der Waals surface area contributed by atoms with Crippen molar-refractivity contribution in [3.05, 3.63) is 11.1 Å². The molecule has 1 N–H and O–H groups in total. The second-order valence-electron chi connectivity index (χ2n) is 2.56. The molecule has 12 heavy (non-hydrogen) atoms. The lowest BCUT2D eigenvalue weighted by molar-refractivity contribution is -0.162. The standard InChI is InChI=1S/C8H13BrO3/c1-3-12-7(10)8(2,11)5-4-6-9/h4,6,11H,3,5H2,1-2H3/b6-4+. The normalized spacial score (nSPS) is 16.0. The van der Waals surface area contributed by atoms with Gasteiger partial charge in [-0.05, 0) is 18.8 Å². The molecule has 0 aliphatic heterocycles. The molecule has 0 heterocycles. The molecule has 0 aromatic rings. The number of rotatable bonds is 4. The first-order valence-electron chi connectivity index (χ1n) is 3.69. The van der Waals surface area contributed by atoms with E-state index >= 15 is 0 Å². The third kappa shape index (κ3) is 3.88. The van der Waals surface area contributed by atoms with E-state index in [-0.39, 0.29) is 13.0 Å². The van der Waals surface area contributed by atoms with E-state index in [1.807, 2.05) is 0 Å². The molecule has 0 radical (unpaired) electrons. The highest BCUT2D eigenvalue weighted by molar-refractivity contribution is 9.11. The van der Waals surface area contributed by atoms with Gasteiger partial charge in [0.15, 0.2) is 5.60 Å². The predicted octanol–water partition coefficient (Wildman–Crippen LogP) is 1.60. The Bertz CT molecular complexity index is 175. The molecule has 0 bridgehead atoms. The van der Waals surface area contributed by atoms with Gasteiger partial charge in [-0.1, -0.05) is 22.0 Å². The fraction of sp³-hybridized carbons (Fsp3) is 0.625. The van der Waals surface area contributed by atoms with Crippen LogP contribution >= 0.6 is 15.9 Å². The largest absolute Gasteiger partial charge is 0.464 e. The predicted molar refractivity (Wildman–Crippen MR) is 49.9 cm³/mol.